The first-order valence-corrected chi connectivity index (χ1v) is 5.88. The van der Waals surface area contributed by atoms with Crippen LogP contribution in [0.3, 0.4) is 0 Å². The fourth-order valence-electron chi connectivity index (χ4n) is 1.58. The predicted molar refractivity (Wildman–Crippen MR) is 64.8 cm³/mol. The number of rotatable bonds is 0. The van der Waals surface area contributed by atoms with Crippen LogP contribution in [0.25, 0.3) is 20.3 Å². The number of benzene rings is 1. The molecule has 0 spiro atoms. The van der Waals surface area contributed by atoms with Gasteiger partial charge in [-0.25, -0.2) is 4.98 Å². The second-order valence-electron chi connectivity index (χ2n) is 3.10. The molecule has 0 aliphatic heterocycles. The summed E-state index contributed by atoms with van der Waals surface area (Å²) in [6, 6.07) is 10.4. The molecule has 14 heavy (non-hydrogen) atoms. The summed E-state index contributed by atoms with van der Waals surface area (Å²) in [5.74, 6) is 0. The normalized spacial score (nSPS) is 11.2. The number of nitrogens with zero attached hydrogens (tertiary/aromatic N) is 1. The average molecular weight is 264 g/mol. The van der Waals surface area contributed by atoms with E-state index in [-0.39, 0.29) is 0 Å². The SMILES string of the molecule is Brc1ccc2sc3ncccc3c2c1. The van der Waals surface area contributed by atoms with Gasteiger partial charge in [-0.1, -0.05) is 15.9 Å². The number of halogens is 1. The Kier molecular flexibility index (Phi) is 1.82. The van der Waals surface area contributed by atoms with Gasteiger partial charge < -0.3 is 0 Å². The van der Waals surface area contributed by atoms with Crippen LogP contribution in [0.5, 0.6) is 0 Å². The van der Waals surface area contributed by atoms with Gasteiger partial charge in [-0.2, -0.15) is 0 Å². The lowest BCUT2D eigenvalue weighted by molar-refractivity contribution is 1.45. The van der Waals surface area contributed by atoms with Crippen molar-refractivity contribution in [3.8, 4) is 0 Å². The van der Waals surface area contributed by atoms with Crippen LogP contribution in [-0.4, -0.2) is 4.98 Å². The molecule has 0 saturated carbocycles. The highest BCUT2D eigenvalue weighted by atomic mass is 79.9. The van der Waals surface area contributed by atoms with Crippen LogP contribution in [0.15, 0.2) is 41.0 Å². The standard InChI is InChI=1S/C11H6BrNS/c12-7-3-4-10-9(6-7)8-2-1-5-13-11(8)14-10/h1-6H. The quantitative estimate of drug-likeness (QED) is 0.592. The van der Waals surface area contributed by atoms with E-state index in [1.165, 1.54) is 15.5 Å². The van der Waals surface area contributed by atoms with Crippen molar-refractivity contribution < 1.29 is 0 Å². The van der Waals surface area contributed by atoms with E-state index in [2.05, 4.69) is 45.2 Å². The second-order valence-corrected chi connectivity index (χ2v) is 5.04. The van der Waals surface area contributed by atoms with Crippen molar-refractivity contribution in [2.24, 2.45) is 0 Å². The molecular formula is C11H6BrNS. The molecule has 0 fully saturated rings. The van der Waals surface area contributed by atoms with E-state index in [4.69, 9.17) is 0 Å². The molecule has 1 nitrogen and oxygen atoms in total. The highest BCUT2D eigenvalue weighted by molar-refractivity contribution is 9.10. The van der Waals surface area contributed by atoms with E-state index in [1.54, 1.807) is 11.3 Å². The molecule has 3 rings (SSSR count). The molecule has 0 aliphatic carbocycles. The second kappa shape index (κ2) is 3.04. The third kappa shape index (κ3) is 1.16. The summed E-state index contributed by atoms with van der Waals surface area (Å²) >= 11 is 5.23. The van der Waals surface area contributed by atoms with Crippen LogP contribution in [0, 0.1) is 0 Å². The molecule has 3 aromatic rings. The minimum Gasteiger partial charge on any atom is -0.245 e. The molecule has 0 unspecified atom stereocenters. The monoisotopic (exact) mass is 263 g/mol. The van der Waals surface area contributed by atoms with Crippen LogP contribution < -0.4 is 0 Å². The predicted octanol–water partition coefficient (Wildman–Crippen LogP) is 4.21. The van der Waals surface area contributed by atoms with Gasteiger partial charge in [0, 0.05) is 26.1 Å². The maximum Gasteiger partial charge on any atom is 0.124 e. The van der Waals surface area contributed by atoms with Gasteiger partial charge >= 0.3 is 0 Å². The van der Waals surface area contributed by atoms with Crippen molar-refractivity contribution in [2.75, 3.05) is 0 Å². The minimum atomic E-state index is 1.11. The molecule has 0 saturated heterocycles. The lowest BCUT2D eigenvalue weighted by Gasteiger charge is -1.91. The maximum atomic E-state index is 4.35. The Labute approximate surface area is 93.5 Å². The van der Waals surface area contributed by atoms with Crippen LogP contribution in [0.2, 0.25) is 0 Å². The topological polar surface area (TPSA) is 12.9 Å². The first-order valence-electron chi connectivity index (χ1n) is 4.27. The van der Waals surface area contributed by atoms with E-state index >= 15 is 0 Å². The summed E-state index contributed by atoms with van der Waals surface area (Å²) in [7, 11) is 0. The van der Waals surface area contributed by atoms with E-state index in [9.17, 15) is 0 Å². The molecule has 0 amide bonds. The number of fused-ring (bicyclic) bond motifs is 3. The summed E-state index contributed by atoms with van der Waals surface area (Å²) in [6.07, 6.45) is 1.84. The molecular weight excluding hydrogens is 258 g/mol. The fourth-order valence-corrected chi connectivity index (χ4v) is 2.97. The Balaban J connectivity index is 2.58. The van der Waals surface area contributed by atoms with Gasteiger partial charge in [-0.15, -0.1) is 11.3 Å². The van der Waals surface area contributed by atoms with Crippen molar-refractivity contribution in [3.05, 3.63) is 41.0 Å². The lowest BCUT2D eigenvalue weighted by Crippen LogP contribution is -1.69. The van der Waals surface area contributed by atoms with Crippen molar-refractivity contribution >= 4 is 47.6 Å². The van der Waals surface area contributed by atoms with Crippen LogP contribution in [0.4, 0.5) is 0 Å². The molecule has 68 valence electrons. The summed E-state index contributed by atoms with van der Waals surface area (Å²) in [5.41, 5.74) is 0. The van der Waals surface area contributed by atoms with Gasteiger partial charge in [-0.3, -0.25) is 0 Å². The molecule has 0 atom stereocenters. The highest BCUT2D eigenvalue weighted by Crippen LogP contribution is 2.33. The van der Waals surface area contributed by atoms with Gasteiger partial charge in [-0.05, 0) is 30.3 Å². The Hall–Kier alpha value is -0.930. The summed E-state index contributed by atoms with van der Waals surface area (Å²) < 4.78 is 2.41. The Bertz CT molecular complexity index is 615. The first-order chi connectivity index (χ1) is 6.84. The zero-order valence-electron chi connectivity index (χ0n) is 7.20. The zero-order chi connectivity index (χ0) is 9.54. The van der Waals surface area contributed by atoms with Crippen molar-refractivity contribution in [2.45, 2.75) is 0 Å². The van der Waals surface area contributed by atoms with Gasteiger partial charge in [0.25, 0.3) is 0 Å². The van der Waals surface area contributed by atoms with Crippen LogP contribution in [-0.2, 0) is 0 Å². The number of aromatic nitrogens is 1. The molecule has 3 heteroatoms. The number of thiophene rings is 1. The van der Waals surface area contributed by atoms with Crippen molar-refractivity contribution in [1.29, 1.82) is 0 Å². The number of hydrogen-bond acceptors (Lipinski definition) is 2. The molecule has 0 aliphatic rings. The summed E-state index contributed by atoms with van der Waals surface area (Å²) in [4.78, 5) is 5.46. The van der Waals surface area contributed by atoms with Gasteiger partial charge in [0.05, 0.1) is 0 Å². The van der Waals surface area contributed by atoms with E-state index in [0.717, 1.165) is 9.30 Å². The number of pyridine rings is 1. The molecule has 2 heterocycles. The smallest absolute Gasteiger partial charge is 0.124 e. The van der Waals surface area contributed by atoms with E-state index in [1.807, 2.05) is 12.3 Å². The summed E-state index contributed by atoms with van der Waals surface area (Å²) in [5, 5.41) is 2.53. The Morgan fingerprint density at radius 3 is 3.00 bits per heavy atom. The molecule has 1 aromatic carbocycles. The van der Waals surface area contributed by atoms with Crippen LogP contribution >= 0.6 is 27.3 Å². The fraction of sp³-hybridized carbons (Fsp3) is 0. The van der Waals surface area contributed by atoms with Crippen molar-refractivity contribution in [3.63, 3.8) is 0 Å². The largest absolute Gasteiger partial charge is 0.245 e. The third-order valence-electron chi connectivity index (χ3n) is 2.21. The highest BCUT2D eigenvalue weighted by Gasteiger charge is 2.04. The Morgan fingerprint density at radius 1 is 1.14 bits per heavy atom. The van der Waals surface area contributed by atoms with Crippen molar-refractivity contribution in [1.82, 2.24) is 4.98 Å². The molecule has 0 radical (unpaired) electrons. The average Bonchev–Trinajstić information content (AvgIpc) is 2.56. The van der Waals surface area contributed by atoms with Gasteiger partial charge in [0.1, 0.15) is 4.83 Å². The molecule has 0 bridgehead atoms. The van der Waals surface area contributed by atoms with E-state index < -0.39 is 0 Å². The third-order valence-corrected chi connectivity index (χ3v) is 3.80. The lowest BCUT2D eigenvalue weighted by atomic mass is 10.2. The molecule has 0 N–H and O–H groups in total. The van der Waals surface area contributed by atoms with E-state index in [0.29, 0.717) is 0 Å². The van der Waals surface area contributed by atoms with Gasteiger partial charge in [0.2, 0.25) is 0 Å². The first kappa shape index (κ1) is 8.38. The minimum absolute atomic E-state index is 1.11. The number of hydrogen-bond donors (Lipinski definition) is 0. The molecule has 2 aromatic heterocycles. The zero-order valence-corrected chi connectivity index (χ0v) is 9.60. The Morgan fingerprint density at radius 2 is 2.07 bits per heavy atom. The van der Waals surface area contributed by atoms with Crippen LogP contribution in [0.1, 0.15) is 0 Å². The maximum absolute atomic E-state index is 4.35. The van der Waals surface area contributed by atoms with Gasteiger partial charge in [0.15, 0.2) is 0 Å². The summed E-state index contributed by atoms with van der Waals surface area (Å²) in [6.45, 7) is 0.